The molecule has 1 atom stereocenters. The van der Waals surface area contributed by atoms with Crippen LogP contribution in [-0.2, 0) is 32.0 Å². The van der Waals surface area contributed by atoms with Crippen molar-refractivity contribution < 1.29 is 23.9 Å². The molecule has 146 valence electrons. The first-order chi connectivity index (χ1) is 12.9. The van der Waals surface area contributed by atoms with E-state index in [1.54, 1.807) is 16.7 Å². The molecular weight excluding hydrogens is 348 g/mol. The summed E-state index contributed by atoms with van der Waals surface area (Å²) in [7, 11) is 0. The average molecular weight is 374 g/mol. The van der Waals surface area contributed by atoms with Crippen molar-refractivity contribution in [1.82, 2.24) is 9.80 Å². The minimum atomic E-state index is -0.870. The quantitative estimate of drug-likeness (QED) is 0.724. The molecule has 27 heavy (non-hydrogen) atoms. The van der Waals surface area contributed by atoms with Gasteiger partial charge in [0.15, 0.2) is 12.7 Å². The molecule has 0 radical (unpaired) electrons. The number of carbonyl (C=O) groups excluding carboxylic acids is 3. The van der Waals surface area contributed by atoms with E-state index < -0.39 is 12.1 Å². The molecular formula is C20H26N2O5. The number of piperazine rings is 1. The molecule has 7 heteroatoms. The fraction of sp³-hybridized carbons (Fsp3) is 0.550. The van der Waals surface area contributed by atoms with Gasteiger partial charge < -0.3 is 19.3 Å². The summed E-state index contributed by atoms with van der Waals surface area (Å²) in [6.07, 6.45) is 2.42. The Kier molecular flexibility index (Phi) is 5.98. The Hall–Kier alpha value is -2.57. The van der Waals surface area contributed by atoms with Crippen molar-refractivity contribution in [2.24, 2.45) is 0 Å². The van der Waals surface area contributed by atoms with Gasteiger partial charge in [0.25, 0.3) is 5.91 Å². The van der Waals surface area contributed by atoms with Gasteiger partial charge in [-0.1, -0.05) is 6.07 Å². The van der Waals surface area contributed by atoms with Crippen LogP contribution in [0.3, 0.4) is 0 Å². The van der Waals surface area contributed by atoms with E-state index in [-0.39, 0.29) is 18.4 Å². The van der Waals surface area contributed by atoms with Crippen LogP contribution in [0.4, 0.5) is 0 Å². The SMILES string of the molecule is CC(=O)N1CCN(C(=O)[C@H](C)OC(=O)COc2ccc3c(c2)CCC3)CC1. The maximum atomic E-state index is 12.4. The Morgan fingerprint density at radius 1 is 1.04 bits per heavy atom. The van der Waals surface area contributed by atoms with E-state index in [4.69, 9.17) is 9.47 Å². The van der Waals surface area contributed by atoms with E-state index in [1.807, 2.05) is 18.2 Å². The van der Waals surface area contributed by atoms with Crippen LogP contribution < -0.4 is 4.74 Å². The molecule has 1 aromatic rings. The summed E-state index contributed by atoms with van der Waals surface area (Å²) in [5.74, 6) is -0.167. The van der Waals surface area contributed by atoms with Crippen LogP contribution >= 0.6 is 0 Å². The Morgan fingerprint density at radius 2 is 1.70 bits per heavy atom. The molecule has 1 saturated heterocycles. The van der Waals surface area contributed by atoms with E-state index in [9.17, 15) is 14.4 Å². The summed E-state index contributed by atoms with van der Waals surface area (Å²) in [5.41, 5.74) is 2.61. The number of hydrogen-bond donors (Lipinski definition) is 0. The van der Waals surface area contributed by atoms with Gasteiger partial charge in [-0.25, -0.2) is 4.79 Å². The van der Waals surface area contributed by atoms with E-state index in [2.05, 4.69) is 0 Å². The summed E-state index contributed by atoms with van der Waals surface area (Å²) in [4.78, 5) is 39.1. The second-order valence-electron chi connectivity index (χ2n) is 7.04. The zero-order chi connectivity index (χ0) is 19.4. The van der Waals surface area contributed by atoms with E-state index in [0.29, 0.717) is 31.9 Å². The average Bonchev–Trinajstić information content (AvgIpc) is 3.13. The Balaban J connectivity index is 1.43. The number of rotatable bonds is 5. The second-order valence-corrected chi connectivity index (χ2v) is 7.04. The zero-order valence-corrected chi connectivity index (χ0v) is 15.9. The van der Waals surface area contributed by atoms with Gasteiger partial charge in [-0.05, 0) is 49.4 Å². The fourth-order valence-corrected chi connectivity index (χ4v) is 3.56. The van der Waals surface area contributed by atoms with Gasteiger partial charge in [0.2, 0.25) is 5.91 Å². The highest BCUT2D eigenvalue weighted by Crippen LogP contribution is 2.26. The third-order valence-electron chi connectivity index (χ3n) is 5.12. The number of amides is 2. The molecule has 0 saturated carbocycles. The number of ether oxygens (including phenoxy) is 2. The van der Waals surface area contributed by atoms with Crippen molar-refractivity contribution in [3.05, 3.63) is 29.3 Å². The van der Waals surface area contributed by atoms with Crippen molar-refractivity contribution in [2.45, 2.75) is 39.2 Å². The first-order valence-electron chi connectivity index (χ1n) is 9.42. The van der Waals surface area contributed by atoms with Crippen molar-refractivity contribution in [3.8, 4) is 5.75 Å². The molecule has 2 amide bonds. The van der Waals surface area contributed by atoms with Crippen LogP contribution in [-0.4, -0.2) is 66.5 Å². The Bertz CT molecular complexity index is 725. The highest BCUT2D eigenvalue weighted by Gasteiger charge is 2.28. The third kappa shape index (κ3) is 4.78. The molecule has 0 spiro atoms. The van der Waals surface area contributed by atoms with Crippen molar-refractivity contribution >= 4 is 17.8 Å². The second kappa shape index (κ2) is 8.41. The lowest BCUT2D eigenvalue weighted by Gasteiger charge is -2.35. The van der Waals surface area contributed by atoms with Gasteiger partial charge in [-0.3, -0.25) is 9.59 Å². The molecule has 1 aromatic carbocycles. The number of hydrogen-bond acceptors (Lipinski definition) is 5. The normalized spacial score (nSPS) is 17.3. The van der Waals surface area contributed by atoms with Crippen LogP contribution in [0.15, 0.2) is 18.2 Å². The lowest BCUT2D eigenvalue weighted by Crippen LogP contribution is -2.52. The molecule has 1 heterocycles. The number of benzene rings is 1. The number of aryl methyl sites for hydroxylation is 2. The monoisotopic (exact) mass is 374 g/mol. The van der Waals surface area contributed by atoms with Gasteiger partial charge in [0.05, 0.1) is 0 Å². The topological polar surface area (TPSA) is 76.2 Å². The summed E-state index contributed by atoms with van der Waals surface area (Å²) in [5, 5.41) is 0. The minimum Gasteiger partial charge on any atom is -0.482 e. The molecule has 0 aromatic heterocycles. The number of fused-ring (bicyclic) bond motifs is 1. The predicted octanol–water partition coefficient (Wildman–Crippen LogP) is 1.18. The van der Waals surface area contributed by atoms with Crippen LogP contribution in [0, 0.1) is 0 Å². The molecule has 0 N–H and O–H groups in total. The molecule has 1 aliphatic carbocycles. The molecule has 3 rings (SSSR count). The maximum Gasteiger partial charge on any atom is 0.344 e. The summed E-state index contributed by atoms with van der Waals surface area (Å²) >= 11 is 0. The Labute approximate surface area is 159 Å². The summed E-state index contributed by atoms with van der Waals surface area (Å²) < 4.78 is 10.7. The lowest BCUT2D eigenvalue weighted by atomic mass is 10.1. The van der Waals surface area contributed by atoms with Crippen LogP contribution in [0.1, 0.15) is 31.4 Å². The molecule has 2 aliphatic rings. The predicted molar refractivity (Wildman–Crippen MR) is 98.4 cm³/mol. The summed E-state index contributed by atoms with van der Waals surface area (Å²) in [6, 6.07) is 5.87. The van der Waals surface area contributed by atoms with Crippen LogP contribution in [0.5, 0.6) is 5.75 Å². The molecule has 0 unspecified atom stereocenters. The first-order valence-corrected chi connectivity index (χ1v) is 9.42. The highest BCUT2D eigenvalue weighted by atomic mass is 16.6. The molecule has 0 bridgehead atoms. The van der Waals surface area contributed by atoms with E-state index in [0.717, 1.165) is 19.3 Å². The van der Waals surface area contributed by atoms with Gasteiger partial charge in [-0.15, -0.1) is 0 Å². The standard InChI is InChI=1S/C20H26N2O5/c1-14(20(25)22-10-8-21(9-11-22)15(2)23)27-19(24)13-26-18-7-6-16-4-3-5-17(16)12-18/h6-7,12,14H,3-5,8-11,13H2,1-2H3/t14-/m0/s1. The molecule has 1 aliphatic heterocycles. The number of carbonyl (C=O) groups is 3. The Morgan fingerprint density at radius 3 is 2.41 bits per heavy atom. The molecule has 7 nitrogen and oxygen atoms in total. The maximum absolute atomic E-state index is 12.4. The van der Waals surface area contributed by atoms with Crippen LogP contribution in [0.2, 0.25) is 0 Å². The number of nitrogens with zero attached hydrogens (tertiary/aromatic N) is 2. The van der Waals surface area contributed by atoms with Gasteiger partial charge in [0, 0.05) is 33.1 Å². The minimum absolute atomic E-state index is 0.00489. The third-order valence-corrected chi connectivity index (χ3v) is 5.12. The largest absolute Gasteiger partial charge is 0.482 e. The van der Waals surface area contributed by atoms with Gasteiger partial charge in [-0.2, -0.15) is 0 Å². The highest BCUT2D eigenvalue weighted by molar-refractivity contribution is 5.84. The zero-order valence-electron chi connectivity index (χ0n) is 15.9. The molecule has 1 fully saturated rings. The van der Waals surface area contributed by atoms with E-state index >= 15 is 0 Å². The van der Waals surface area contributed by atoms with Crippen molar-refractivity contribution in [3.63, 3.8) is 0 Å². The van der Waals surface area contributed by atoms with Gasteiger partial charge in [0.1, 0.15) is 5.75 Å². The first kappa shape index (κ1) is 19.2. The van der Waals surface area contributed by atoms with Crippen LogP contribution in [0.25, 0.3) is 0 Å². The smallest absolute Gasteiger partial charge is 0.344 e. The fourth-order valence-electron chi connectivity index (χ4n) is 3.56. The van der Waals surface area contributed by atoms with Gasteiger partial charge >= 0.3 is 5.97 Å². The summed E-state index contributed by atoms with van der Waals surface area (Å²) in [6.45, 7) is 4.76. The van der Waals surface area contributed by atoms with Crippen molar-refractivity contribution in [2.75, 3.05) is 32.8 Å². The number of esters is 1. The lowest BCUT2D eigenvalue weighted by molar-refractivity contribution is -0.161. The van der Waals surface area contributed by atoms with Crippen molar-refractivity contribution in [1.29, 1.82) is 0 Å². The van der Waals surface area contributed by atoms with E-state index in [1.165, 1.54) is 18.1 Å².